The number of oxazole rings is 1. The zero-order chi connectivity index (χ0) is 14.8. The number of non-ortho nitro benzene ring substituents is 1. The van der Waals surface area contributed by atoms with Crippen LogP contribution in [0, 0.1) is 10.1 Å². The van der Waals surface area contributed by atoms with E-state index in [0.717, 1.165) is 12.1 Å². The second kappa shape index (κ2) is 5.23. The number of nitrogens with one attached hydrogen (secondary N) is 1. The van der Waals surface area contributed by atoms with Crippen LogP contribution in [0.25, 0.3) is 11.1 Å². The first-order valence-electron chi connectivity index (χ1n) is 6.39. The number of aryl methyl sites for hydroxylation is 1. The molecule has 3 rings (SSSR count). The van der Waals surface area contributed by atoms with Crippen LogP contribution in [0.1, 0.15) is 5.69 Å². The van der Waals surface area contributed by atoms with Crippen molar-refractivity contribution in [2.75, 3.05) is 11.9 Å². The molecule has 0 bridgehead atoms. The lowest BCUT2D eigenvalue weighted by Gasteiger charge is -2.02. The summed E-state index contributed by atoms with van der Waals surface area (Å²) >= 11 is 0. The monoisotopic (exact) mass is 287 g/mol. The molecular formula is C13H13N5O3. The van der Waals surface area contributed by atoms with Crippen LogP contribution in [-0.4, -0.2) is 26.2 Å². The first kappa shape index (κ1) is 13.1. The summed E-state index contributed by atoms with van der Waals surface area (Å²) in [5, 5.41) is 17.9. The van der Waals surface area contributed by atoms with Crippen LogP contribution in [0.4, 0.5) is 11.7 Å². The fourth-order valence-corrected chi connectivity index (χ4v) is 2.05. The molecule has 2 aromatic heterocycles. The van der Waals surface area contributed by atoms with Crippen LogP contribution < -0.4 is 5.32 Å². The predicted octanol–water partition coefficient (Wildman–Crippen LogP) is 2.12. The highest BCUT2D eigenvalue weighted by Crippen LogP contribution is 2.23. The van der Waals surface area contributed by atoms with Gasteiger partial charge in [0, 0.05) is 44.0 Å². The van der Waals surface area contributed by atoms with Crippen LogP contribution in [0.2, 0.25) is 0 Å². The lowest BCUT2D eigenvalue weighted by Crippen LogP contribution is -2.08. The van der Waals surface area contributed by atoms with Gasteiger partial charge in [-0.1, -0.05) is 0 Å². The molecular weight excluding hydrogens is 274 g/mol. The molecule has 0 radical (unpaired) electrons. The SMILES string of the molecule is Cn1nccc1CCNc1nc2cc([N+](=O)[O-])ccc2o1. The molecule has 21 heavy (non-hydrogen) atoms. The van der Waals surface area contributed by atoms with Gasteiger partial charge in [-0.15, -0.1) is 0 Å². The van der Waals surface area contributed by atoms with Gasteiger partial charge in [0.2, 0.25) is 0 Å². The van der Waals surface area contributed by atoms with E-state index in [0.29, 0.717) is 23.7 Å². The van der Waals surface area contributed by atoms with E-state index in [9.17, 15) is 10.1 Å². The Morgan fingerprint density at radius 1 is 1.43 bits per heavy atom. The fourth-order valence-electron chi connectivity index (χ4n) is 2.05. The number of hydrogen-bond donors (Lipinski definition) is 1. The molecule has 0 fully saturated rings. The summed E-state index contributed by atoms with van der Waals surface area (Å²) in [5.74, 6) is 0. The highest BCUT2D eigenvalue weighted by molar-refractivity contribution is 5.77. The molecule has 0 aliphatic rings. The Hall–Kier alpha value is -2.90. The van der Waals surface area contributed by atoms with Crippen LogP contribution in [0.3, 0.4) is 0 Å². The van der Waals surface area contributed by atoms with E-state index in [1.807, 2.05) is 13.1 Å². The molecule has 3 aromatic rings. The second-order valence-corrected chi connectivity index (χ2v) is 4.55. The number of aromatic nitrogens is 3. The second-order valence-electron chi connectivity index (χ2n) is 4.55. The van der Waals surface area contributed by atoms with Crippen molar-refractivity contribution >= 4 is 22.8 Å². The highest BCUT2D eigenvalue weighted by atomic mass is 16.6. The van der Waals surface area contributed by atoms with Crippen molar-refractivity contribution in [3.63, 3.8) is 0 Å². The van der Waals surface area contributed by atoms with E-state index in [1.54, 1.807) is 16.9 Å². The fraction of sp³-hybridized carbons (Fsp3) is 0.231. The van der Waals surface area contributed by atoms with E-state index in [1.165, 1.54) is 12.1 Å². The number of rotatable bonds is 5. The molecule has 8 nitrogen and oxygen atoms in total. The van der Waals surface area contributed by atoms with Crippen molar-refractivity contribution in [1.82, 2.24) is 14.8 Å². The Kier molecular flexibility index (Phi) is 3.27. The molecule has 1 N–H and O–H groups in total. The molecule has 0 spiro atoms. The molecule has 8 heteroatoms. The Balaban J connectivity index is 1.70. The van der Waals surface area contributed by atoms with Gasteiger partial charge in [-0.2, -0.15) is 10.1 Å². The van der Waals surface area contributed by atoms with E-state index >= 15 is 0 Å². The van der Waals surface area contributed by atoms with Gasteiger partial charge in [0.05, 0.1) is 4.92 Å². The highest BCUT2D eigenvalue weighted by Gasteiger charge is 2.11. The van der Waals surface area contributed by atoms with Crippen LogP contribution >= 0.6 is 0 Å². The van der Waals surface area contributed by atoms with Gasteiger partial charge in [0.1, 0.15) is 5.52 Å². The molecule has 0 aliphatic carbocycles. The first-order chi connectivity index (χ1) is 10.1. The first-order valence-corrected chi connectivity index (χ1v) is 6.39. The zero-order valence-electron chi connectivity index (χ0n) is 11.3. The third-order valence-corrected chi connectivity index (χ3v) is 3.16. The summed E-state index contributed by atoms with van der Waals surface area (Å²) in [7, 11) is 1.88. The van der Waals surface area contributed by atoms with Crippen molar-refractivity contribution in [2.45, 2.75) is 6.42 Å². The summed E-state index contributed by atoms with van der Waals surface area (Å²) in [4.78, 5) is 14.4. The number of hydrogen-bond acceptors (Lipinski definition) is 6. The van der Waals surface area contributed by atoms with Gasteiger partial charge in [-0.3, -0.25) is 14.8 Å². The molecule has 0 saturated heterocycles. The Labute approximate surface area is 119 Å². The molecule has 0 unspecified atom stereocenters. The average molecular weight is 287 g/mol. The van der Waals surface area contributed by atoms with Crippen molar-refractivity contribution < 1.29 is 9.34 Å². The number of fused-ring (bicyclic) bond motifs is 1. The third kappa shape index (κ3) is 2.69. The van der Waals surface area contributed by atoms with Crippen molar-refractivity contribution in [3.8, 4) is 0 Å². The van der Waals surface area contributed by atoms with Crippen LogP contribution in [0.5, 0.6) is 0 Å². The molecule has 1 aromatic carbocycles. The maximum atomic E-state index is 10.7. The van der Waals surface area contributed by atoms with E-state index < -0.39 is 4.92 Å². The van der Waals surface area contributed by atoms with Crippen molar-refractivity contribution in [3.05, 3.63) is 46.3 Å². The van der Waals surface area contributed by atoms with Gasteiger partial charge in [-0.25, -0.2) is 0 Å². The van der Waals surface area contributed by atoms with Crippen LogP contribution in [-0.2, 0) is 13.5 Å². The minimum absolute atomic E-state index is 0.00256. The summed E-state index contributed by atoms with van der Waals surface area (Å²) < 4.78 is 7.29. The van der Waals surface area contributed by atoms with Gasteiger partial charge in [0.25, 0.3) is 11.7 Å². The third-order valence-electron chi connectivity index (χ3n) is 3.16. The smallest absolute Gasteiger partial charge is 0.295 e. The Morgan fingerprint density at radius 3 is 3.00 bits per heavy atom. The maximum Gasteiger partial charge on any atom is 0.295 e. The minimum Gasteiger partial charge on any atom is -0.424 e. The molecule has 108 valence electrons. The lowest BCUT2D eigenvalue weighted by atomic mass is 10.3. The Bertz CT molecular complexity index is 792. The normalized spacial score (nSPS) is 10.9. The number of nitro groups is 1. The van der Waals surface area contributed by atoms with Gasteiger partial charge < -0.3 is 9.73 Å². The number of benzene rings is 1. The number of nitrogens with zero attached hydrogens (tertiary/aromatic N) is 4. The van der Waals surface area contributed by atoms with Crippen molar-refractivity contribution in [2.24, 2.45) is 7.05 Å². The number of nitro benzene ring substituents is 1. The predicted molar refractivity (Wildman–Crippen MR) is 76.1 cm³/mol. The molecule has 0 atom stereocenters. The standard InChI is InChI=1S/C13H13N5O3/c1-17-9(5-7-15-17)4-6-14-13-16-11-8-10(18(19)20)2-3-12(11)21-13/h2-3,5,7-8H,4,6H2,1H3,(H,14,16). The summed E-state index contributed by atoms with van der Waals surface area (Å²) in [6, 6.07) is 6.63. The Morgan fingerprint density at radius 2 is 2.29 bits per heavy atom. The molecule has 2 heterocycles. The zero-order valence-corrected chi connectivity index (χ0v) is 11.3. The summed E-state index contributed by atoms with van der Waals surface area (Å²) in [6.45, 7) is 0.633. The summed E-state index contributed by atoms with van der Waals surface area (Å²) in [5.41, 5.74) is 2.07. The summed E-state index contributed by atoms with van der Waals surface area (Å²) in [6.07, 6.45) is 2.52. The van der Waals surface area contributed by atoms with Gasteiger partial charge >= 0.3 is 0 Å². The number of anilines is 1. The topological polar surface area (TPSA) is 99.0 Å². The van der Waals surface area contributed by atoms with Gasteiger partial charge in [-0.05, 0) is 12.1 Å². The van der Waals surface area contributed by atoms with E-state index in [2.05, 4.69) is 15.4 Å². The van der Waals surface area contributed by atoms with E-state index in [4.69, 9.17) is 4.42 Å². The minimum atomic E-state index is -0.455. The quantitative estimate of drug-likeness (QED) is 0.570. The molecule has 0 saturated carbocycles. The maximum absolute atomic E-state index is 10.7. The molecule has 0 amide bonds. The van der Waals surface area contributed by atoms with E-state index in [-0.39, 0.29) is 5.69 Å². The lowest BCUT2D eigenvalue weighted by molar-refractivity contribution is -0.384. The largest absolute Gasteiger partial charge is 0.424 e. The molecule has 0 aliphatic heterocycles. The average Bonchev–Trinajstić information content (AvgIpc) is 3.04. The van der Waals surface area contributed by atoms with Crippen LogP contribution in [0.15, 0.2) is 34.9 Å². The van der Waals surface area contributed by atoms with Gasteiger partial charge in [0.15, 0.2) is 5.58 Å². The van der Waals surface area contributed by atoms with Crippen molar-refractivity contribution in [1.29, 1.82) is 0 Å².